The number of aromatic nitrogens is 2. The fourth-order valence-corrected chi connectivity index (χ4v) is 2.75. The fourth-order valence-electron chi connectivity index (χ4n) is 2.25. The molecule has 1 aromatic carbocycles. The number of hydrogen-bond donors (Lipinski definition) is 1. The molecule has 0 amide bonds. The number of halogens is 1. The summed E-state index contributed by atoms with van der Waals surface area (Å²) in [6.45, 7) is 2.00. The van der Waals surface area contributed by atoms with Crippen LogP contribution in [0.15, 0.2) is 34.8 Å². The summed E-state index contributed by atoms with van der Waals surface area (Å²) in [5, 5.41) is 4.40. The number of benzene rings is 1. The summed E-state index contributed by atoms with van der Waals surface area (Å²) in [6.07, 6.45) is 2.86. The van der Waals surface area contributed by atoms with Gasteiger partial charge in [0.1, 0.15) is 0 Å². The first kappa shape index (κ1) is 14.3. The molecule has 1 unspecified atom stereocenters. The number of hydrogen-bond acceptors (Lipinski definition) is 2. The van der Waals surface area contributed by atoms with Crippen molar-refractivity contribution in [3.8, 4) is 0 Å². The molecule has 4 heteroatoms. The number of rotatable bonds is 5. The number of nitrogens with two attached hydrogens (primary N) is 1. The molecular weight excluding hydrogens is 302 g/mol. The van der Waals surface area contributed by atoms with Crippen molar-refractivity contribution in [2.75, 3.05) is 0 Å². The van der Waals surface area contributed by atoms with Gasteiger partial charge in [0, 0.05) is 19.5 Å². The maximum Gasteiger partial charge on any atom is 0.0738 e. The summed E-state index contributed by atoms with van der Waals surface area (Å²) in [4.78, 5) is 0. The Hall–Kier alpha value is -1.13. The third kappa shape index (κ3) is 3.67. The van der Waals surface area contributed by atoms with Gasteiger partial charge in [-0.3, -0.25) is 4.68 Å². The van der Waals surface area contributed by atoms with E-state index in [9.17, 15) is 0 Å². The van der Waals surface area contributed by atoms with Crippen molar-refractivity contribution in [3.05, 3.63) is 51.8 Å². The predicted molar refractivity (Wildman–Crippen MR) is 82.1 cm³/mol. The molecule has 2 aromatic rings. The second-order valence-corrected chi connectivity index (χ2v) is 5.75. The highest BCUT2D eigenvalue weighted by atomic mass is 79.9. The third-order valence-electron chi connectivity index (χ3n) is 3.36. The summed E-state index contributed by atoms with van der Waals surface area (Å²) in [6, 6.07) is 10.6. The Bertz CT molecular complexity index is 534. The molecule has 19 heavy (non-hydrogen) atoms. The highest BCUT2D eigenvalue weighted by molar-refractivity contribution is 9.10. The lowest BCUT2D eigenvalue weighted by atomic mass is 10.0. The number of nitrogens with zero attached hydrogens (tertiary/aromatic N) is 2. The van der Waals surface area contributed by atoms with Crippen molar-refractivity contribution < 1.29 is 0 Å². The van der Waals surface area contributed by atoms with Gasteiger partial charge in [-0.1, -0.05) is 30.3 Å². The molecule has 0 spiro atoms. The lowest BCUT2D eigenvalue weighted by molar-refractivity contribution is 0.577. The Labute approximate surface area is 122 Å². The number of aryl methyl sites for hydroxylation is 3. The Morgan fingerprint density at radius 3 is 2.58 bits per heavy atom. The molecule has 0 fully saturated rings. The Morgan fingerprint density at radius 2 is 2.00 bits per heavy atom. The minimum atomic E-state index is 0.159. The van der Waals surface area contributed by atoms with Crippen molar-refractivity contribution in [2.24, 2.45) is 12.8 Å². The van der Waals surface area contributed by atoms with Crippen molar-refractivity contribution in [1.29, 1.82) is 0 Å². The van der Waals surface area contributed by atoms with E-state index in [1.54, 1.807) is 0 Å². The van der Waals surface area contributed by atoms with Crippen LogP contribution in [0.3, 0.4) is 0 Å². The molecule has 0 aliphatic rings. The van der Waals surface area contributed by atoms with E-state index in [2.05, 4.69) is 45.3 Å². The SMILES string of the molecule is Cc1nn(C)c(CC(N)CCc2ccccc2)c1Br. The zero-order chi connectivity index (χ0) is 13.8. The summed E-state index contributed by atoms with van der Waals surface area (Å²) >= 11 is 3.59. The monoisotopic (exact) mass is 321 g/mol. The zero-order valence-electron chi connectivity index (χ0n) is 11.4. The van der Waals surface area contributed by atoms with Gasteiger partial charge in [-0.05, 0) is 41.3 Å². The first-order valence-electron chi connectivity index (χ1n) is 6.55. The van der Waals surface area contributed by atoms with E-state index in [0.29, 0.717) is 0 Å². The zero-order valence-corrected chi connectivity index (χ0v) is 13.0. The largest absolute Gasteiger partial charge is 0.327 e. The molecule has 0 saturated heterocycles. The maximum atomic E-state index is 6.24. The highest BCUT2D eigenvalue weighted by Crippen LogP contribution is 2.21. The minimum absolute atomic E-state index is 0.159. The Morgan fingerprint density at radius 1 is 1.32 bits per heavy atom. The van der Waals surface area contributed by atoms with Crippen LogP contribution in [0.4, 0.5) is 0 Å². The smallest absolute Gasteiger partial charge is 0.0738 e. The second-order valence-electron chi connectivity index (χ2n) is 4.96. The van der Waals surface area contributed by atoms with Crippen LogP contribution >= 0.6 is 15.9 Å². The summed E-state index contributed by atoms with van der Waals surface area (Å²) < 4.78 is 3.01. The van der Waals surface area contributed by atoms with Crippen molar-refractivity contribution in [2.45, 2.75) is 32.2 Å². The first-order valence-corrected chi connectivity index (χ1v) is 7.34. The molecule has 1 heterocycles. The molecular formula is C15H20BrN3. The van der Waals surface area contributed by atoms with Crippen LogP contribution in [0, 0.1) is 6.92 Å². The molecule has 0 aliphatic heterocycles. The molecule has 3 nitrogen and oxygen atoms in total. The molecule has 2 N–H and O–H groups in total. The summed E-state index contributed by atoms with van der Waals surface area (Å²) in [5.41, 5.74) is 9.78. The van der Waals surface area contributed by atoms with Gasteiger partial charge in [-0.25, -0.2) is 0 Å². The quantitative estimate of drug-likeness (QED) is 0.920. The van der Waals surface area contributed by atoms with Gasteiger partial charge in [0.2, 0.25) is 0 Å². The van der Waals surface area contributed by atoms with E-state index in [4.69, 9.17) is 5.73 Å². The molecule has 0 bridgehead atoms. The van der Waals surface area contributed by atoms with E-state index in [-0.39, 0.29) is 6.04 Å². The predicted octanol–water partition coefficient (Wildman–Crippen LogP) is 2.99. The van der Waals surface area contributed by atoms with Gasteiger partial charge >= 0.3 is 0 Å². The molecule has 0 saturated carbocycles. The Kier molecular flexibility index (Phi) is 4.77. The van der Waals surface area contributed by atoms with Crippen molar-refractivity contribution in [1.82, 2.24) is 9.78 Å². The average Bonchev–Trinajstić information content (AvgIpc) is 2.64. The van der Waals surface area contributed by atoms with E-state index in [1.807, 2.05) is 24.7 Å². The minimum Gasteiger partial charge on any atom is -0.327 e. The summed E-state index contributed by atoms with van der Waals surface area (Å²) in [7, 11) is 1.97. The standard InChI is InChI=1S/C15H20BrN3/c1-11-15(16)14(19(2)18-11)10-13(17)9-8-12-6-4-3-5-7-12/h3-7,13H,8-10,17H2,1-2H3. The van der Waals surface area contributed by atoms with Crippen LogP contribution in [-0.4, -0.2) is 15.8 Å². The molecule has 1 atom stereocenters. The average molecular weight is 322 g/mol. The fraction of sp³-hybridized carbons (Fsp3) is 0.400. The van der Waals surface area contributed by atoms with Gasteiger partial charge in [0.25, 0.3) is 0 Å². The van der Waals surface area contributed by atoms with Crippen LogP contribution in [0.2, 0.25) is 0 Å². The van der Waals surface area contributed by atoms with Crippen LogP contribution in [0.5, 0.6) is 0 Å². The van der Waals surface area contributed by atoms with Gasteiger partial charge < -0.3 is 5.73 Å². The Balaban J connectivity index is 1.92. The van der Waals surface area contributed by atoms with Crippen LogP contribution < -0.4 is 5.73 Å². The van der Waals surface area contributed by atoms with Gasteiger partial charge in [0.05, 0.1) is 15.9 Å². The highest BCUT2D eigenvalue weighted by Gasteiger charge is 2.14. The molecule has 102 valence electrons. The topological polar surface area (TPSA) is 43.8 Å². The lowest BCUT2D eigenvalue weighted by Gasteiger charge is -2.12. The maximum absolute atomic E-state index is 6.24. The molecule has 0 aliphatic carbocycles. The normalized spacial score (nSPS) is 12.6. The molecule has 1 aromatic heterocycles. The van der Waals surface area contributed by atoms with Gasteiger partial charge in [-0.15, -0.1) is 0 Å². The van der Waals surface area contributed by atoms with E-state index in [0.717, 1.165) is 29.4 Å². The summed E-state index contributed by atoms with van der Waals surface area (Å²) in [5.74, 6) is 0. The van der Waals surface area contributed by atoms with Crippen molar-refractivity contribution in [3.63, 3.8) is 0 Å². The van der Waals surface area contributed by atoms with E-state index < -0.39 is 0 Å². The third-order valence-corrected chi connectivity index (χ3v) is 4.40. The van der Waals surface area contributed by atoms with Crippen LogP contribution in [-0.2, 0) is 19.9 Å². The van der Waals surface area contributed by atoms with E-state index in [1.165, 1.54) is 11.3 Å². The van der Waals surface area contributed by atoms with Crippen LogP contribution in [0.25, 0.3) is 0 Å². The van der Waals surface area contributed by atoms with Crippen LogP contribution in [0.1, 0.15) is 23.4 Å². The van der Waals surface area contributed by atoms with E-state index >= 15 is 0 Å². The lowest BCUT2D eigenvalue weighted by Crippen LogP contribution is -2.25. The molecule has 2 rings (SSSR count). The molecule has 0 radical (unpaired) electrons. The van der Waals surface area contributed by atoms with Crippen molar-refractivity contribution >= 4 is 15.9 Å². The van der Waals surface area contributed by atoms with Gasteiger partial charge in [0.15, 0.2) is 0 Å². The first-order chi connectivity index (χ1) is 9.08. The second kappa shape index (κ2) is 6.35. The van der Waals surface area contributed by atoms with Gasteiger partial charge in [-0.2, -0.15) is 5.10 Å².